The molecule has 0 heterocycles. The van der Waals surface area contributed by atoms with Gasteiger partial charge >= 0.3 is 5.97 Å². The molecule has 0 saturated heterocycles. The maximum Gasteiger partial charge on any atom is 0.330 e. The Morgan fingerprint density at radius 1 is 0.952 bits per heavy atom. The normalized spacial score (nSPS) is 11.7. The van der Waals surface area contributed by atoms with E-state index in [-0.39, 0.29) is 15.6 Å². The molecule has 2 rings (SSSR count). The third-order valence-electron chi connectivity index (χ3n) is 2.86. The number of halogens is 2. The second-order valence-corrected chi connectivity index (χ2v) is 5.06. The summed E-state index contributed by atoms with van der Waals surface area (Å²) in [5.74, 6) is -1.78. The lowest BCUT2D eigenvalue weighted by molar-refractivity contribution is -0.139. The Hall–Kier alpha value is -2.04. The summed E-state index contributed by atoms with van der Waals surface area (Å²) in [6.45, 7) is 0. The lowest BCUT2D eigenvalue weighted by atomic mass is 10.1. The molecule has 2 aromatic carbocycles. The predicted octanol–water partition coefficient (Wildman–Crippen LogP) is 3.55. The summed E-state index contributed by atoms with van der Waals surface area (Å²) < 4.78 is 0. The first kappa shape index (κ1) is 15.4. The highest BCUT2D eigenvalue weighted by Crippen LogP contribution is 2.24. The van der Waals surface area contributed by atoms with Gasteiger partial charge in [-0.3, -0.25) is 4.79 Å². The monoisotopic (exact) mass is 323 g/mol. The molecule has 2 N–H and O–H groups in total. The zero-order valence-corrected chi connectivity index (χ0v) is 12.2. The number of nitrogens with one attached hydrogen (secondary N) is 1. The number of hydrogen-bond acceptors (Lipinski definition) is 2. The Kier molecular flexibility index (Phi) is 4.83. The van der Waals surface area contributed by atoms with Gasteiger partial charge in [-0.15, -0.1) is 0 Å². The Morgan fingerprint density at radius 3 is 2.10 bits per heavy atom. The van der Waals surface area contributed by atoms with Crippen LogP contribution in [0.2, 0.25) is 10.0 Å². The van der Waals surface area contributed by atoms with Crippen LogP contribution in [0.25, 0.3) is 0 Å². The third-order valence-corrected chi connectivity index (χ3v) is 3.53. The van der Waals surface area contributed by atoms with E-state index in [1.807, 2.05) is 0 Å². The molecule has 0 radical (unpaired) electrons. The summed E-state index contributed by atoms with van der Waals surface area (Å²) in [6, 6.07) is 11.6. The molecule has 108 valence electrons. The van der Waals surface area contributed by atoms with Crippen molar-refractivity contribution in [1.82, 2.24) is 5.32 Å². The van der Waals surface area contributed by atoms with Crippen molar-refractivity contribution in [3.63, 3.8) is 0 Å². The predicted molar refractivity (Wildman–Crippen MR) is 80.7 cm³/mol. The van der Waals surface area contributed by atoms with E-state index in [0.717, 1.165) is 0 Å². The molecule has 1 atom stereocenters. The quantitative estimate of drug-likeness (QED) is 0.904. The molecule has 0 fully saturated rings. The first-order valence-electron chi connectivity index (χ1n) is 6.03. The van der Waals surface area contributed by atoms with E-state index in [9.17, 15) is 14.7 Å². The zero-order valence-electron chi connectivity index (χ0n) is 10.7. The van der Waals surface area contributed by atoms with Crippen molar-refractivity contribution in [2.24, 2.45) is 0 Å². The lowest BCUT2D eigenvalue weighted by Crippen LogP contribution is -2.34. The van der Waals surface area contributed by atoms with Gasteiger partial charge in [0, 0.05) is 10.6 Å². The van der Waals surface area contributed by atoms with Crippen LogP contribution < -0.4 is 5.32 Å². The highest BCUT2D eigenvalue weighted by Gasteiger charge is 2.25. The van der Waals surface area contributed by atoms with Gasteiger partial charge in [0.15, 0.2) is 6.04 Å². The molecule has 2 aromatic rings. The van der Waals surface area contributed by atoms with Crippen LogP contribution in [0.4, 0.5) is 0 Å². The Bertz CT molecular complexity index is 688. The molecule has 0 unspecified atom stereocenters. The van der Waals surface area contributed by atoms with E-state index >= 15 is 0 Å². The number of carbonyl (C=O) groups is 2. The van der Waals surface area contributed by atoms with Gasteiger partial charge in [-0.25, -0.2) is 4.79 Å². The Balaban J connectivity index is 2.30. The molecule has 0 aliphatic rings. The van der Waals surface area contributed by atoms with Crippen molar-refractivity contribution >= 4 is 35.1 Å². The first-order chi connectivity index (χ1) is 10.0. The standard InChI is InChI=1S/C15H11Cl2NO3/c16-11-7-3-1-5-9(11)13(15(20)21)18-14(19)10-6-2-4-8-12(10)17/h1-8,13H,(H,18,19)(H,20,21)/t13-/m1/s1. The summed E-state index contributed by atoms with van der Waals surface area (Å²) >= 11 is 11.9. The fraction of sp³-hybridized carbons (Fsp3) is 0.0667. The maximum absolute atomic E-state index is 12.2. The number of rotatable bonds is 4. The van der Waals surface area contributed by atoms with Gasteiger partial charge in [0.1, 0.15) is 0 Å². The number of carboxylic acids is 1. The van der Waals surface area contributed by atoms with Crippen LogP contribution in [0.5, 0.6) is 0 Å². The van der Waals surface area contributed by atoms with Gasteiger partial charge in [0.05, 0.1) is 10.6 Å². The van der Waals surface area contributed by atoms with Crippen molar-refractivity contribution in [3.05, 3.63) is 69.7 Å². The second-order valence-electron chi connectivity index (χ2n) is 4.25. The van der Waals surface area contributed by atoms with Crippen LogP contribution in [0.3, 0.4) is 0 Å². The second kappa shape index (κ2) is 6.61. The topological polar surface area (TPSA) is 66.4 Å². The van der Waals surface area contributed by atoms with Gasteiger partial charge in [0.2, 0.25) is 0 Å². The number of amides is 1. The SMILES string of the molecule is O=C(N[C@@H](C(=O)O)c1ccccc1Cl)c1ccccc1Cl. The minimum absolute atomic E-state index is 0.206. The van der Waals surface area contributed by atoms with E-state index in [0.29, 0.717) is 5.56 Å². The molecule has 4 nitrogen and oxygen atoms in total. The van der Waals surface area contributed by atoms with Gasteiger partial charge in [-0.05, 0) is 18.2 Å². The van der Waals surface area contributed by atoms with Crippen molar-refractivity contribution in [2.45, 2.75) is 6.04 Å². The van der Waals surface area contributed by atoms with Gasteiger partial charge in [-0.1, -0.05) is 53.5 Å². The molecular weight excluding hydrogens is 313 g/mol. The van der Waals surface area contributed by atoms with Gasteiger partial charge in [0.25, 0.3) is 5.91 Å². The van der Waals surface area contributed by atoms with Crippen molar-refractivity contribution in [1.29, 1.82) is 0 Å². The number of carbonyl (C=O) groups excluding carboxylic acids is 1. The van der Waals surface area contributed by atoms with E-state index in [4.69, 9.17) is 23.2 Å². The molecule has 0 spiro atoms. The minimum atomic E-state index is -1.25. The molecule has 21 heavy (non-hydrogen) atoms. The molecule has 6 heteroatoms. The van der Waals surface area contributed by atoms with E-state index in [1.54, 1.807) is 42.5 Å². The highest BCUT2D eigenvalue weighted by molar-refractivity contribution is 6.34. The number of benzene rings is 2. The van der Waals surface area contributed by atoms with Crippen LogP contribution in [-0.2, 0) is 4.79 Å². The van der Waals surface area contributed by atoms with Crippen LogP contribution in [0.1, 0.15) is 22.0 Å². The third kappa shape index (κ3) is 3.54. The summed E-state index contributed by atoms with van der Waals surface area (Å²) in [5, 5.41) is 12.2. The molecule has 0 bridgehead atoms. The number of aliphatic carboxylic acids is 1. The van der Waals surface area contributed by atoms with Crippen LogP contribution in [0.15, 0.2) is 48.5 Å². The minimum Gasteiger partial charge on any atom is -0.479 e. The average molecular weight is 324 g/mol. The van der Waals surface area contributed by atoms with Gasteiger partial charge in [-0.2, -0.15) is 0 Å². The van der Waals surface area contributed by atoms with Crippen LogP contribution in [0, 0.1) is 0 Å². The molecular formula is C15H11Cl2NO3. The lowest BCUT2D eigenvalue weighted by Gasteiger charge is -2.16. The number of hydrogen-bond donors (Lipinski definition) is 2. The molecule has 1 amide bonds. The smallest absolute Gasteiger partial charge is 0.330 e. The first-order valence-corrected chi connectivity index (χ1v) is 6.79. The van der Waals surface area contributed by atoms with Crippen molar-refractivity contribution < 1.29 is 14.7 Å². The highest BCUT2D eigenvalue weighted by atomic mass is 35.5. The summed E-state index contributed by atoms with van der Waals surface area (Å²) in [7, 11) is 0. The Labute approximate surface area is 131 Å². The summed E-state index contributed by atoms with van der Waals surface area (Å²) in [6.07, 6.45) is 0. The fourth-order valence-corrected chi connectivity index (χ4v) is 2.30. The van der Waals surface area contributed by atoms with Crippen LogP contribution in [-0.4, -0.2) is 17.0 Å². The number of carboxylic acid groups (broad SMARTS) is 1. The molecule has 0 saturated carbocycles. The average Bonchev–Trinajstić information content (AvgIpc) is 2.45. The van der Waals surface area contributed by atoms with Crippen molar-refractivity contribution in [3.8, 4) is 0 Å². The molecule has 0 aliphatic carbocycles. The summed E-state index contributed by atoms with van der Waals surface area (Å²) in [4.78, 5) is 23.6. The zero-order chi connectivity index (χ0) is 15.4. The molecule has 0 aromatic heterocycles. The van der Waals surface area contributed by atoms with Crippen LogP contribution >= 0.6 is 23.2 Å². The largest absolute Gasteiger partial charge is 0.479 e. The van der Waals surface area contributed by atoms with Crippen molar-refractivity contribution in [2.75, 3.05) is 0 Å². The molecule has 0 aliphatic heterocycles. The van der Waals surface area contributed by atoms with E-state index in [1.165, 1.54) is 6.07 Å². The summed E-state index contributed by atoms with van der Waals surface area (Å²) in [5.41, 5.74) is 0.518. The fourth-order valence-electron chi connectivity index (χ4n) is 1.84. The van der Waals surface area contributed by atoms with Gasteiger partial charge < -0.3 is 10.4 Å². The Morgan fingerprint density at radius 2 is 1.52 bits per heavy atom. The van der Waals surface area contributed by atoms with E-state index < -0.39 is 17.9 Å². The maximum atomic E-state index is 12.2. The van der Waals surface area contributed by atoms with E-state index in [2.05, 4.69) is 5.32 Å².